The van der Waals surface area contributed by atoms with Gasteiger partial charge in [-0.05, 0) is 18.9 Å². The molecule has 0 radical (unpaired) electrons. The first-order valence-corrected chi connectivity index (χ1v) is 9.04. The maximum Gasteiger partial charge on any atom is 0.258 e. The molecule has 22 heavy (non-hydrogen) atoms. The zero-order valence-electron chi connectivity index (χ0n) is 12.0. The highest BCUT2D eigenvalue weighted by atomic mass is 32.2. The third-order valence-electron chi connectivity index (χ3n) is 3.99. The van der Waals surface area contributed by atoms with Gasteiger partial charge in [-0.15, -0.1) is 0 Å². The molecule has 1 aromatic rings. The maximum atomic E-state index is 11.9. The van der Waals surface area contributed by atoms with Crippen molar-refractivity contribution in [3.05, 3.63) is 29.3 Å². The van der Waals surface area contributed by atoms with Crippen LogP contribution in [0.2, 0.25) is 0 Å². The second-order valence-corrected chi connectivity index (χ2v) is 7.89. The first kappa shape index (κ1) is 15.0. The monoisotopic (exact) mass is 323 g/mol. The first-order valence-electron chi connectivity index (χ1n) is 7.22. The van der Waals surface area contributed by atoms with Crippen LogP contribution in [-0.4, -0.2) is 44.3 Å². The maximum absolute atomic E-state index is 11.9. The third kappa shape index (κ3) is 3.14. The van der Waals surface area contributed by atoms with E-state index in [0.717, 1.165) is 5.56 Å². The predicted molar refractivity (Wildman–Crippen MR) is 79.8 cm³/mol. The van der Waals surface area contributed by atoms with Gasteiger partial charge in [0.2, 0.25) is 0 Å². The molecule has 1 N–H and O–H groups in total. The molecule has 0 saturated carbocycles. The smallest absolute Gasteiger partial charge is 0.258 e. The summed E-state index contributed by atoms with van der Waals surface area (Å²) >= 11 is 0. The number of amides is 1. The molecule has 3 rings (SSSR count). The number of nitrogens with one attached hydrogen (secondary N) is 1. The van der Waals surface area contributed by atoms with Crippen LogP contribution in [0.5, 0.6) is 5.75 Å². The van der Waals surface area contributed by atoms with Crippen molar-refractivity contribution in [1.29, 1.82) is 0 Å². The Hall–Kier alpha value is -1.89. The van der Waals surface area contributed by atoms with Crippen LogP contribution in [0, 0.1) is 0 Å². The van der Waals surface area contributed by atoms with Crippen LogP contribution in [0.1, 0.15) is 28.8 Å². The lowest BCUT2D eigenvalue weighted by molar-refractivity contribution is -0.123. The average Bonchev–Trinajstić information content (AvgIpc) is 3.00. The van der Waals surface area contributed by atoms with Crippen molar-refractivity contribution < 1.29 is 22.7 Å². The summed E-state index contributed by atoms with van der Waals surface area (Å²) in [5.41, 5.74) is 1.52. The molecular formula is C15H17NO5S. The van der Waals surface area contributed by atoms with Gasteiger partial charge < -0.3 is 10.1 Å². The van der Waals surface area contributed by atoms with Crippen molar-refractivity contribution in [1.82, 2.24) is 5.32 Å². The van der Waals surface area contributed by atoms with Crippen molar-refractivity contribution in [2.24, 2.45) is 0 Å². The predicted octanol–water partition coefficient (Wildman–Crippen LogP) is 0.498. The topological polar surface area (TPSA) is 89.5 Å². The van der Waals surface area contributed by atoms with Crippen LogP contribution < -0.4 is 10.1 Å². The van der Waals surface area contributed by atoms with Crippen LogP contribution in [0.4, 0.5) is 0 Å². The van der Waals surface area contributed by atoms with Gasteiger partial charge in [-0.2, -0.15) is 0 Å². The molecule has 1 saturated heterocycles. The third-order valence-corrected chi connectivity index (χ3v) is 5.76. The largest absolute Gasteiger partial charge is 0.483 e. The normalized spacial score (nSPS) is 22.4. The van der Waals surface area contributed by atoms with Gasteiger partial charge in [0.05, 0.1) is 11.5 Å². The van der Waals surface area contributed by atoms with Gasteiger partial charge in [-0.1, -0.05) is 12.1 Å². The fourth-order valence-electron chi connectivity index (χ4n) is 2.91. The number of hydrogen-bond donors (Lipinski definition) is 1. The molecule has 1 amide bonds. The summed E-state index contributed by atoms with van der Waals surface area (Å²) < 4.78 is 28.2. The summed E-state index contributed by atoms with van der Waals surface area (Å²) in [5, 5.41) is 2.67. The van der Waals surface area contributed by atoms with Gasteiger partial charge >= 0.3 is 0 Å². The molecule has 2 aliphatic rings. The van der Waals surface area contributed by atoms with Crippen LogP contribution in [-0.2, 0) is 21.1 Å². The van der Waals surface area contributed by atoms with Crippen molar-refractivity contribution in [2.45, 2.75) is 25.3 Å². The zero-order chi connectivity index (χ0) is 15.7. The lowest BCUT2D eigenvalue weighted by Gasteiger charge is -2.13. The van der Waals surface area contributed by atoms with Crippen molar-refractivity contribution >= 4 is 21.5 Å². The van der Waals surface area contributed by atoms with E-state index in [1.807, 2.05) is 0 Å². The Morgan fingerprint density at radius 1 is 1.32 bits per heavy atom. The fraction of sp³-hybridized carbons (Fsp3) is 0.467. The molecule has 1 aromatic carbocycles. The molecule has 0 aromatic heterocycles. The molecule has 1 unspecified atom stereocenters. The van der Waals surface area contributed by atoms with Crippen LogP contribution in [0.25, 0.3) is 0 Å². The average molecular weight is 323 g/mol. The number of fused-ring (bicyclic) bond motifs is 1. The number of sulfone groups is 1. The Kier molecular flexibility index (Phi) is 3.90. The Morgan fingerprint density at radius 2 is 2.14 bits per heavy atom. The Balaban J connectivity index is 1.57. The van der Waals surface area contributed by atoms with E-state index in [1.54, 1.807) is 18.2 Å². The molecule has 6 nitrogen and oxygen atoms in total. The van der Waals surface area contributed by atoms with Gasteiger partial charge in [0.15, 0.2) is 22.2 Å². The molecule has 0 spiro atoms. The molecule has 1 heterocycles. The number of rotatable bonds is 4. The van der Waals surface area contributed by atoms with Crippen molar-refractivity contribution in [3.8, 4) is 5.75 Å². The molecule has 1 aliphatic heterocycles. The number of benzene rings is 1. The van der Waals surface area contributed by atoms with Crippen LogP contribution in [0.3, 0.4) is 0 Å². The second-order valence-electron chi connectivity index (χ2n) is 5.66. The minimum atomic E-state index is -3.02. The number of hydrogen-bond acceptors (Lipinski definition) is 5. The highest BCUT2D eigenvalue weighted by Crippen LogP contribution is 2.30. The molecule has 0 bridgehead atoms. The van der Waals surface area contributed by atoms with Gasteiger partial charge in [0.1, 0.15) is 5.75 Å². The zero-order valence-corrected chi connectivity index (χ0v) is 12.8. The molecule has 1 atom stereocenters. The summed E-state index contributed by atoms with van der Waals surface area (Å²) in [6.07, 6.45) is 1.55. The van der Waals surface area contributed by atoms with Gasteiger partial charge in [0, 0.05) is 23.6 Å². The lowest BCUT2D eigenvalue weighted by Crippen LogP contribution is -2.38. The van der Waals surface area contributed by atoms with E-state index in [4.69, 9.17) is 4.74 Å². The number of ether oxygens (including phenoxy) is 1. The number of Topliss-reactive ketones (excluding diaryl/α,β-unsaturated/α-hetero) is 1. The summed E-state index contributed by atoms with van der Waals surface area (Å²) in [6, 6.07) is 4.91. The Morgan fingerprint density at radius 3 is 2.86 bits per heavy atom. The van der Waals surface area contributed by atoms with E-state index in [2.05, 4.69) is 5.32 Å². The molecular weight excluding hydrogens is 306 g/mol. The number of carbonyl (C=O) groups excluding carboxylic acids is 2. The highest BCUT2D eigenvalue weighted by Gasteiger charge is 2.29. The summed E-state index contributed by atoms with van der Waals surface area (Å²) in [5.74, 6) is 0.420. The Labute approximate surface area is 128 Å². The lowest BCUT2D eigenvalue weighted by atomic mass is 10.1. The summed E-state index contributed by atoms with van der Waals surface area (Å²) in [6.45, 7) is -0.179. The fourth-order valence-corrected chi connectivity index (χ4v) is 4.59. The van der Waals surface area contributed by atoms with Crippen LogP contribution >= 0.6 is 0 Å². The van der Waals surface area contributed by atoms with Gasteiger partial charge in [0.25, 0.3) is 5.91 Å². The van der Waals surface area contributed by atoms with E-state index >= 15 is 0 Å². The van der Waals surface area contributed by atoms with Gasteiger partial charge in [-0.25, -0.2) is 8.42 Å². The number of carbonyl (C=O) groups is 2. The number of ketones is 1. The molecule has 118 valence electrons. The first-order chi connectivity index (χ1) is 10.4. The molecule has 1 fully saturated rings. The van der Waals surface area contributed by atoms with E-state index in [1.165, 1.54) is 0 Å². The van der Waals surface area contributed by atoms with Crippen molar-refractivity contribution in [3.63, 3.8) is 0 Å². The van der Waals surface area contributed by atoms with E-state index < -0.39 is 9.84 Å². The van der Waals surface area contributed by atoms with E-state index in [9.17, 15) is 18.0 Å². The summed E-state index contributed by atoms with van der Waals surface area (Å²) in [4.78, 5) is 23.5. The van der Waals surface area contributed by atoms with Crippen LogP contribution in [0.15, 0.2) is 18.2 Å². The second kappa shape index (κ2) is 5.72. The summed E-state index contributed by atoms with van der Waals surface area (Å²) in [7, 11) is -3.02. The van der Waals surface area contributed by atoms with Crippen molar-refractivity contribution in [2.75, 3.05) is 18.1 Å². The minimum absolute atomic E-state index is 0.00598. The Bertz CT molecular complexity index is 725. The molecule has 1 aliphatic carbocycles. The highest BCUT2D eigenvalue weighted by molar-refractivity contribution is 7.91. The molecule has 7 heteroatoms. The minimum Gasteiger partial charge on any atom is -0.483 e. The quantitative estimate of drug-likeness (QED) is 0.871. The standard InChI is InChI=1S/C15H17NO5S/c17-13-5-4-12-11(13)2-1-3-14(12)21-8-15(18)16-10-6-7-22(19,20)9-10/h1-3,10H,4-9H2,(H,16,18). The van der Waals surface area contributed by atoms with E-state index in [-0.39, 0.29) is 35.8 Å². The van der Waals surface area contributed by atoms with E-state index in [0.29, 0.717) is 30.6 Å². The van der Waals surface area contributed by atoms with Gasteiger partial charge in [-0.3, -0.25) is 9.59 Å². The SMILES string of the molecule is O=C(COc1cccc2c1CCC2=O)NC1CCS(=O)(=O)C1.